The van der Waals surface area contributed by atoms with Gasteiger partial charge in [-0.2, -0.15) is 0 Å². The van der Waals surface area contributed by atoms with Crippen LogP contribution in [-0.4, -0.2) is 28.9 Å². The van der Waals surface area contributed by atoms with Crippen molar-refractivity contribution in [3.63, 3.8) is 0 Å². The molecule has 1 N–H and O–H groups in total. The normalized spacial score (nSPS) is 16.5. The Hall–Kier alpha value is -2.89. The number of benzene rings is 2. The van der Waals surface area contributed by atoms with E-state index >= 15 is 0 Å². The van der Waals surface area contributed by atoms with Crippen molar-refractivity contribution >= 4 is 11.7 Å². The van der Waals surface area contributed by atoms with Gasteiger partial charge in [-0.25, -0.2) is 4.79 Å². The summed E-state index contributed by atoms with van der Waals surface area (Å²) in [7, 11) is 0. The minimum atomic E-state index is -0.543. The molecule has 2 amide bonds. The van der Waals surface area contributed by atoms with E-state index in [1.165, 1.54) is 0 Å². The average molecular weight is 311 g/mol. The summed E-state index contributed by atoms with van der Waals surface area (Å²) >= 11 is 0. The molecule has 0 radical (unpaired) electrons. The lowest BCUT2D eigenvalue weighted by Crippen LogP contribution is -2.44. The van der Waals surface area contributed by atoms with Gasteiger partial charge < -0.3 is 10.2 Å². The molecule has 6 heteroatoms. The summed E-state index contributed by atoms with van der Waals surface area (Å²) < 4.78 is 0. The Morgan fingerprint density at radius 2 is 1.87 bits per heavy atom. The number of amides is 2. The molecule has 0 fully saturated rings. The third-order valence-electron chi connectivity index (χ3n) is 4.02. The molecule has 0 aromatic heterocycles. The predicted molar refractivity (Wildman–Crippen MR) is 86.9 cm³/mol. The Kier molecular flexibility index (Phi) is 4.23. The van der Waals surface area contributed by atoms with Gasteiger partial charge in [0, 0.05) is 17.2 Å². The van der Waals surface area contributed by atoms with Crippen LogP contribution in [0.15, 0.2) is 54.6 Å². The van der Waals surface area contributed by atoms with Crippen LogP contribution < -0.4 is 5.32 Å². The quantitative estimate of drug-likeness (QED) is 0.699. The Bertz CT molecular complexity index is 718. The van der Waals surface area contributed by atoms with Crippen molar-refractivity contribution in [1.29, 1.82) is 0 Å². The maximum Gasteiger partial charge on any atom is 0.322 e. The number of para-hydroxylation sites is 1. The first-order chi connectivity index (χ1) is 11.1. The lowest BCUT2D eigenvalue weighted by Gasteiger charge is -2.35. The number of carbonyl (C=O) groups is 1. The summed E-state index contributed by atoms with van der Waals surface area (Å²) in [4.78, 5) is 24.8. The SMILES string of the molecule is O=C(Nc1ccccc1)N1CCc2ccccc2C1C[N+](=O)[O-]. The van der Waals surface area contributed by atoms with Crippen LogP contribution in [0.4, 0.5) is 10.5 Å². The van der Waals surface area contributed by atoms with E-state index in [-0.39, 0.29) is 17.5 Å². The number of hydrogen-bond acceptors (Lipinski definition) is 3. The van der Waals surface area contributed by atoms with Crippen molar-refractivity contribution < 1.29 is 9.72 Å². The molecule has 0 spiro atoms. The number of hydrogen-bond donors (Lipinski definition) is 1. The molecule has 3 rings (SSSR count). The van der Waals surface area contributed by atoms with Gasteiger partial charge in [0.15, 0.2) is 0 Å². The molecule has 1 aliphatic heterocycles. The zero-order valence-corrected chi connectivity index (χ0v) is 12.5. The first-order valence-electron chi connectivity index (χ1n) is 7.47. The molecular weight excluding hydrogens is 294 g/mol. The molecule has 2 aromatic rings. The van der Waals surface area contributed by atoms with Crippen LogP contribution >= 0.6 is 0 Å². The topological polar surface area (TPSA) is 75.5 Å². The second-order valence-corrected chi connectivity index (χ2v) is 5.47. The summed E-state index contributed by atoms with van der Waals surface area (Å²) in [5, 5.41) is 13.9. The largest absolute Gasteiger partial charge is 0.322 e. The molecule has 1 unspecified atom stereocenters. The fourth-order valence-electron chi connectivity index (χ4n) is 2.95. The van der Waals surface area contributed by atoms with Crippen LogP contribution in [0.2, 0.25) is 0 Å². The van der Waals surface area contributed by atoms with Crippen LogP contribution in [0.3, 0.4) is 0 Å². The second-order valence-electron chi connectivity index (χ2n) is 5.47. The first kappa shape index (κ1) is 15.0. The van der Waals surface area contributed by atoms with Gasteiger partial charge in [0.2, 0.25) is 6.54 Å². The summed E-state index contributed by atoms with van der Waals surface area (Å²) in [6.45, 7) is 0.174. The maximum atomic E-state index is 12.6. The van der Waals surface area contributed by atoms with E-state index in [0.29, 0.717) is 18.7 Å². The van der Waals surface area contributed by atoms with Gasteiger partial charge in [-0.1, -0.05) is 42.5 Å². The number of nitrogens with one attached hydrogen (secondary N) is 1. The van der Waals surface area contributed by atoms with Gasteiger partial charge in [0.1, 0.15) is 6.04 Å². The van der Waals surface area contributed by atoms with Crippen LogP contribution in [-0.2, 0) is 6.42 Å². The number of anilines is 1. The zero-order valence-electron chi connectivity index (χ0n) is 12.5. The fraction of sp³-hybridized carbons (Fsp3) is 0.235. The molecule has 0 bridgehead atoms. The second kappa shape index (κ2) is 6.48. The molecular formula is C17H17N3O3. The van der Waals surface area contributed by atoms with Crippen molar-refractivity contribution in [2.24, 2.45) is 0 Å². The number of rotatable bonds is 3. The monoisotopic (exact) mass is 311 g/mol. The fourth-order valence-corrected chi connectivity index (χ4v) is 2.95. The Morgan fingerprint density at radius 3 is 2.61 bits per heavy atom. The van der Waals surface area contributed by atoms with E-state index < -0.39 is 6.04 Å². The molecule has 6 nitrogen and oxygen atoms in total. The van der Waals surface area contributed by atoms with E-state index in [0.717, 1.165) is 11.1 Å². The summed E-state index contributed by atoms with van der Waals surface area (Å²) in [5.41, 5.74) is 2.61. The Morgan fingerprint density at radius 1 is 1.17 bits per heavy atom. The van der Waals surface area contributed by atoms with E-state index in [9.17, 15) is 14.9 Å². The molecule has 1 atom stereocenters. The highest BCUT2D eigenvalue weighted by Gasteiger charge is 2.34. The lowest BCUT2D eigenvalue weighted by molar-refractivity contribution is -0.487. The molecule has 0 saturated carbocycles. The van der Waals surface area contributed by atoms with E-state index in [1.54, 1.807) is 17.0 Å². The van der Waals surface area contributed by atoms with E-state index in [4.69, 9.17) is 0 Å². The first-order valence-corrected chi connectivity index (χ1v) is 7.47. The van der Waals surface area contributed by atoms with Gasteiger partial charge >= 0.3 is 6.03 Å². The van der Waals surface area contributed by atoms with Crippen LogP contribution in [0.25, 0.3) is 0 Å². The minimum Gasteiger partial charge on any atom is -0.310 e. The van der Waals surface area contributed by atoms with Crippen molar-refractivity contribution in [3.05, 3.63) is 75.8 Å². The Balaban J connectivity index is 1.85. The van der Waals surface area contributed by atoms with E-state index in [2.05, 4.69) is 5.32 Å². The van der Waals surface area contributed by atoms with Crippen LogP contribution in [0.5, 0.6) is 0 Å². The van der Waals surface area contributed by atoms with Crippen molar-refractivity contribution in [1.82, 2.24) is 4.90 Å². The van der Waals surface area contributed by atoms with E-state index in [1.807, 2.05) is 42.5 Å². The Labute approximate surface area is 133 Å². The number of nitro groups is 1. The molecule has 2 aromatic carbocycles. The third kappa shape index (κ3) is 3.31. The average Bonchev–Trinajstić information content (AvgIpc) is 2.55. The summed E-state index contributed by atoms with van der Waals surface area (Å²) in [5.74, 6) is 0. The van der Waals surface area contributed by atoms with Gasteiger partial charge in [0.05, 0.1) is 0 Å². The van der Waals surface area contributed by atoms with Crippen molar-refractivity contribution in [3.8, 4) is 0 Å². The van der Waals surface area contributed by atoms with Crippen LogP contribution in [0.1, 0.15) is 17.2 Å². The number of fused-ring (bicyclic) bond motifs is 1. The van der Waals surface area contributed by atoms with Gasteiger partial charge in [-0.15, -0.1) is 0 Å². The lowest BCUT2D eigenvalue weighted by atomic mass is 9.93. The van der Waals surface area contributed by atoms with Gasteiger partial charge in [-0.05, 0) is 29.7 Å². The van der Waals surface area contributed by atoms with Gasteiger partial charge in [0.25, 0.3) is 0 Å². The number of carbonyl (C=O) groups excluding carboxylic acids is 1. The van der Waals surface area contributed by atoms with Crippen molar-refractivity contribution in [2.75, 3.05) is 18.4 Å². The standard InChI is InChI=1S/C17H17N3O3/c21-17(18-14-7-2-1-3-8-14)19-11-10-13-6-4-5-9-15(13)16(19)12-20(22)23/h1-9,16H,10-12H2,(H,18,21). The predicted octanol–water partition coefficient (Wildman–Crippen LogP) is 3.09. The molecule has 0 saturated heterocycles. The maximum absolute atomic E-state index is 12.6. The molecule has 1 aliphatic rings. The molecule has 1 heterocycles. The minimum absolute atomic E-state index is 0.292. The highest BCUT2D eigenvalue weighted by Crippen LogP contribution is 2.30. The summed E-state index contributed by atoms with van der Waals surface area (Å²) in [6.07, 6.45) is 0.701. The molecule has 0 aliphatic carbocycles. The summed E-state index contributed by atoms with van der Waals surface area (Å²) in [6, 6.07) is 15.9. The highest BCUT2D eigenvalue weighted by molar-refractivity contribution is 5.89. The van der Waals surface area contributed by atoms with Gasteiger partial charge in [-0.3, -0.25) is 10.1 Å². The molecule has 118 valence electrons. The smallest absolute Gasteiger partial charge is 0.310 e. The number of urea groups is 1. The highest BCUT2D eigenvalue weighted by atomic mass is 16.6. The van der Waals surface area contributed by atoms with Crippen LogP contribution in [0, 0.1) is 10.1 Å². The molecule has 23 heavy (non-hydrogen) atoms. The third-order valence-corrected chi connectivity index (χ3v) is 4.02. The van der Waals surface area contributed by atoms with Crippen molar-refractivity contribution in [2.45, 2.75) is 12.5 Å². The zero-order chi connectivity index (χ0) is 16.2. The number of nitrogens with zero attached hydrogens (tertiary/aromatic N) is 2.